The summed E-state index contributed by atoms with van der Waals surface area (Å²) in [6.45, 7) is 0.802. The van der Waals surface area contributed by atoms with Crippen LogP contribution in [-0.2, 0) is 24.1 Å². The molecule has 3 aromatic rings. The maximum atomic E-state index is 13.8. The van der Waals surface area contributed by atoms with Gasteiger partial charge in [-0.05, 0) is 59.9 Å². The van der Waals surface area contributed by atoms with E-state index in [0.29, 0.717) is 48.7 Å². The number of aryl methyl sites for hydroxylation is 2. The zero-order valence-corrected chi connectivity index (χ0v) is 17.6. The number of hydrogen-bond donors (Lipinski definition) is 2. The molecule has 3 rings (SSSR count). The van der Waals surface area contributed by atoms with Crippen molar-refractivity contribution in [2.75, 3.05) is 25.6 Å². The summed E-state index contributed by atoms with van der Waals surface area (Å²) in [5, 5.41) is 2.93. The van der Waals surface area contributed by atoms with Crippen molar-refractivity contribution in [1.29, 1.82) is 0 Å². The zero-order valence-electron chi connectivity index (χ0n) is 17.6. The van der Waals surface area contributed by atoms with Gasteiger partial charge in [0.15, 0.2) is 11.5 Å². The van der Waals surface area contributed by atoms with E-state index < -0.39 is 0 Å². The predicted octanol–water partition coefficient (Wildman–Crippen LogP) is 4.14. The molecule has 1 amide bonds. The smallest absolute Gasteiger partial charge is 0.228 e. The lowest BCUT2D eigenvalue weighted by Crippen LogP contribution is -2.15. The standard InChI is InChI=1S/C25H27FN2O3/c1-30-24-16-19(10-12-23(24)31-14-13-27)17-25(29)28-21-7-4-5-18(15-21)9-11-20-6-2-3-8-22(20)26/h2-8,10,12,15-16H,9,11,13-14,17,27H2,1H3,(H,28,29). The number of rotatable bonds is 10. The summed E-state index contributed by atoms with van der Waals surface area (Å²) < 4.78 is 24.7. The molecule has 0 spiro atoms. The molecule has 162 valence electrons. The second-order valence-corrected chi connectivity index (χ2v) is 7.14. The zero-order chi connectivity index (χ0) is 22.1. The molecule has 0 bridgehead atoms. The van der Waals surface area contributed by atoms with Gasteiger partial charge in [-0.25, -0.2) is 4.39 Å². The molecule has 3 N–H and O–H groups in total. The van der Waals surface area contributed by atoms with Gasteiger partial charge in [-0.3, -0.25) is 4.79 Å². The number of anilines is 1. The van der Waals surface area contributed by atoms with E-state index in [1.165, 1.54) is 6.07 Å². The Bertz CT molecular complexity index is 1020. The van der Waals surface area contributed by atoms with Gasteiger partial charge >= 0.3 is 0 Å². The van der Waals surface area contributed by atoms with E-state index in [1.807, 2.05) is 36.4 Å². The summed E-state index contributed by atoms with van der Waals surface area (Å²) in [5.74, 6) is 0.833. The lowest BCUT2D eigenvalue weighted by Gasteiger charge is -2.12. The molecule has 3 aromatic carbocycles. The van der Waals surface area contributed by atoms with Crippen LogP contribution < -0.4 is 20.5 Å². The molecule has 0 radical (unpaired) electrons. The normalized spacial score (nSPS) is 10.5. The highest BCUT2D eigenvalue weighted by Gasteiger charge is 2.10. The summed E-state index contributed by atoms with van der Waals surface area (Å²) in [4.78, 5) is 12.5. The number of hydrogen-bond acceptors (Lipinski definition) is 4. The Balaban J connectivity index is 1.59. The van der Waals surface area contributed by atoms with Gasteiger partial charge < -0.3 is 20.5 Å². The van der Waals surface area contributed by atoms with E-state index in [0.717, 1.165) is 11.1 Å². The van der Waals surface area contributed by atoms with Crippen molar-refractivity contribution < 1.29 is 18.7 Å². The number of carbonyl (C=O) groups excluding carboxylic acids is 1. The summed E-state index contributed by atoms with van der Waals surface area (Å²) in [6.07, 6.45) is 1.49. The molecule has 6 heteroatoms. The van der Waals surface area contributed by atoms with Crippen LogP contribution in [0.2, 0.25) is 0 Å². The molecule has 0 aliphatic rings. The third kappa shape index (κ3) is 6.55. The highest BCUT2D eigenvalue weighted by atomic mass is 19.1. The van der Waals surface area contributed by atoms with Crippen LogP contribution >= 0.6 is 0 Å². The minimum atomic E-state index is -0.193. The van der Waals surface area contributed by atoms with Gasteiger partial charge in [-0.2, -0.15) is 0 Å². The molecular formula is C25H27FN2O3. The lowest BCUT2D eigenvalue weighted by atomic mass is 10.0. The van der Waals surface area contributed by atoms with Crippen LogP contribution in [0.25, 0.3) is 0 Å². The van der Waals surface area contributed by atoms with Gasteiger partial charge in [-0.15, -0.1) is 0 Å². The van der Waals surface area contributed by atoms with Crippen LogP contribution in [0.3, 0.4) is 0 Å². The number of carbonyl (C=O) groups is 1. The van der Waals surface area contributed by atoms with E-state index in [9.17, 15) is 9.18 Å². The number of amides is 1. The first-order valence-corrected chi connectivity index (χ1v) is 10.2. The van der Waals surface area contributed by atoms with E-state index in [-0.39, 0.29) is 18.1 Å². The summed E-state index contributed by atoms with van der Waals surface area (Å²) in [7, 11) is 1.56. The Hall–Kier alpha value is -3.38. The minimum absolute atomic E-state index is 0.135. The molecule has 0 unspecified atom stereocenters. The second-order valence-electron chi connectivity index (χ2n) is 7.14. The Morgan fingerprint density at radius 1 is 0.968 bits per heavy atom. The van der Waals surface area contributed by atoms with E-state index in [2.05, 4.69) is 5.32 Å². The Morgan fingerprint density at radius 2 is 1.81 bits per heavy atom. The van der Waals surface area contributed by atoms with Gasteiger partial charge in [0.05, 0.1) is 13.5 Å². The van der Waals surface area contributed by atoms with Gasteiger partial charge in [0.1, 0.15) is 12.4 Å². The average Bonchev–Trinajstić information content (AvgIpc) is 2.77. The first-order chi connectivity index (χ1) is 15.1. The molecule has 0 heterocycles. The number of halogens is 1. The molecule has 0 aliphatic heterocycles. The van der Waals surface area contributed by atoms with Crippen LogP contribution in [-0.4, -0.2) is 26.2 Å². The molecule has 0 saturated carbocycles. The number of nitrogens with one attached hydrogen (secondary N) is 1. The van der Waals surface area contributed by atoms with Crippen molar-refractivity contribution in [3.8, 4) is 11.5 Å². The van der Waals surface area contributed by atoms with E-state index >= 15 is 0 Å². The number of ether oxygens (including phenoxy) is 2. The van der Waals surface area contributed by atoms with E-state index in [4.69, 9.17) is 15.2 Å². The number of nitrogens with two attached hydrogens (primary N) is 1. The molecule has 0 fully saturated rings. The molecule has 5 nitrogen and oxygen atoms in total. The first-order valence-electron chi connectivity index (χ1n) is 10.2. The van der Waals surface area contributed by atoms with Crippen molar-refractivity contribution in [3.05, 3.63) is 89.2 Å². The topological polar surface area (TPSA) is 73.6 Å². The van der Waals surface area contributed by atoms with Gasteiger partial charge in [0.2, 0.25) is 5.91 Å². The largest absolute Gasteiger partial charge is 0.493 e. The van der Waals surface area contributed by atoms with Crippen LogP contribution in [0.4, 0.5) is 10.1 Å². The summed E-state index contributed by atoms with van der Waals surface area (Å²) >= 11 is 0. The molecule has 0 atom stereocenters. The van der Waals surface area contributed by atoms with Crippen LogP contribution in [0.5, 0.6) is 11.5 Å². The predicted molar refractivity (Wildman–Crippen MR) is 120 cm³/mol. The third-order valence-electron chi connectivity index (χ3n) is 4.82. The quantitative estimate of drug-likeness (QED) is 0.515. The van der Waals surface area contributed by atoms with Gasteiger partial charge in [0, 0.05) is 12.2 Å². The van der Waals surface area contributed by atoms with Gasteiger partial charge in [0.25, 0.3) is 0 Å². The fraction of sp³-hybridized carbons (Fsp3) is 0.240. The Kier molecular flexibility index (Phi) is 8.01. The number of benzene rings is 3. The first kappa shape index (κ1) is 22.3. The lowest BCUT2D eigenvalue weighted by molar-refractivity contribution is -0.115. The maximum absolute atomic E-state index is 13.8. The highest BCUT2D eigenvalue weighted by Crippen LogP contribution is 2.28. The highest BCUT2D eigenvalue weighted by molar-refractivity contribution is 5.92. The molecule has 0 saturated heterocycles. The van der Waals surface area contributed by atoms with Gasteiger partial charge in [-0.1, -0.05) is 36.4 Å². The maximum Gasteiger partial charge on any atom is 0.228 e. The molecule has 0 aliphatic carbocycles. The summed E-state index contributed by atoms with van der Waals surface area (Å²) in [5.41, 5.74) is 8.71. The van der Waals surface area contributed by atoms with Crippen molar-refractivity contribution >= 4 is 11.6 Å². The Morgan fingerprint density at radius 3 is 2.58 bits per heavy atom. The Labute approximate surface area is 182 Å². The summed E-state index contributed by atoms with van der Waals surface area (Å²) in [6, 6.07) is 19.8. The van der Waals surface area contributed by atoms with Crippen molar-refractivity contribution in [1.82, 2.24) is 0 Å². The fourth-order valence-corrected chi connectivity index (χ4v) is 3.29. The molecule has 31 heavy (non-hydrogen) atoms. The molecular weight excluding hydrogens is 395 g/mol. The fourth-order valence-electron chi connectivity index (χ4n) is 3.29. The SMILES string of the molecule is COc1cc(CC(=O)Nc2cccc(CCc3ccccc3F)c2)ccc1OCCN. The van der Waals surface area contributed by atoms with Crippen LogP contribution in [0.15, 0.2) is 66.7 Å². The monoisotopic (exact) mass is 422 g/mol. The number of methoxy groups -OCH3 is 1. The van der Waals surface area contributed by atoms with E-state index in [1.54, 1.807) is 31.4 Å². The van der Waals surface area contributed by atoms with Crippen molar-refractivity contribution in [3.63, 3.8) is 0 Å². The van der Waals surface area contributed by atoms with Crippen molar-refractivity contribution in [2.45, 2.75) is 19.3 Å². The minimum Gasteiger partial charge on any atom is -0.493 e. The third-order valence-corrected chi connectivity index (χ3v) is 4.82. The van der Waals surface area contributed by atoms with Crippen molar-refractivity contribution in [2.24, 2.45) is 5.73 Å². The second kappa shape index (κ2) is 11.1. The van der Waals surface area contributed by atoms with Crippen LogP contribution in [0, 0.1) is 5.82 Å². The van der Waals surface area contributed by atoms with Crippen LogP contribution in [0.1, 0.15) is 16.7 Å². The molecule has 0 aromatic heterocycles. The average molecular weight is 423 g/mol.